The molecule has 8 nitrogen and oxygen atoms in total. The van der Waals surface area contributed by atoms with E-state index < -0.39 is 23.4 Å². The maximum Gasteiger partial charge on any atom is 0.416 e. The SMILES string of the molecule is CCOc1ncccc1-c1ccc(C2(NC(=O)O[C@H]3CCN(C)C3)CCN(c3ccc(C(F)(F)F)cc3C#N)CC2)cc1. The van der Waals surface area contributed by atoms with E-state index in [-0.39, 0.29) is 11.7 Å². The predicted octanol–water partition coefficient (Wildman–Crippen LogP) is 5.96. The molecule has 2 fully saturated rings. The topological polar surface area (TPSA) is 90.7 Å². The Morgan fingerprint density at radius 2 is 1.88 bits per heavy atom. The van der Waals surface area contributed by atoms with Crippen molar-refractivity contribution in [2.24, 2.45) is 0 Å². The molecule has 5 rings (SSSR count). The van der Waals surface area contributed by atoms with Gasteiger partial charge in [-0.05, 0) is 74.7 Å². The number of amides is 1. The largest absolute Gasteiger partial charge is 0.478 e. The van der Waals surface area contributed by atoms with Gasteiger partial charge in [-0.3, -0.25) is 0 Å². The monoisotopic (exact) mass is 593 g/mol. The van der Waals surface area contributed by atoms with Crippen LogP contribution in [0.5, 0.6) is 5.88 Å². The van der Waals surface area contributed by atoms with E-state index in [9.17, 15) is 23.2 Å². The molecule has 2 aliphatic rings. The number of nitriles is 1. The second-order valence-corrected chi connectivity index (χ2v) is 11.0. The Hall–Kier alpha value is -4.30. The number of ether oxygens (including phenoxy) is 2. The molecule has 0 unspecified atom stereocenters. The zero-order valence-electron chi connectivity index (χ0n) is 24.2. The molecular weight excluding hydrogens is 559 g/mol. The van der Waals surface area contributed by atoms with Crippen molar-refractivity contribution in [3.8, 4) is 23.1 Å². The highest BCUT2D eigenvalue weighted by Crippen LogP contribution is 2.39. The third-order valence-corrected chi connectivity index (χ3v) is 8.17. The number of pyridine rings is 1. The van der Waals surface area contributed by atoms with Gasteiger partial charge in [-0.1, -0.05) is 24.3 Å². The first-order valence-corrected chi connectivity index (χ1v) is 14.3. The van der Waals surface area contributed by atoms with Gasteiger partial charge in [0.1, 0.15) is 12.2 Å². The lowest BCUT2D eigenvalue weighted by Crippen LogP contribution is -2.54. The van der Waals surface area contributed by atoms with Gasteiger partial charge in [-0.15, -0.1) is 0 Å². The van der Waals surface area contributed by atoms with Crippen molar-refractivity contribution >= 4 is 11.8 Å². The maximum absolute atomic E-state index is 13.3. The molecule has 3 heterocycles. The van der Waals surface area contributed by atoms with Gasteiger partial charge in [0, 0.05) is 37.9 Å². The summed E-state index contributed by atoms with van der Waals surface area (Å²) in [5.74, 6) is 0.536. The molecule has 2 aromatic carbocycles. The van der Waals surface area contributed by atoms with Crippen LogP contribution in [-0.2, 0) is 16.5 Å². The third kappa shape index (κ3) is 6.70. The van der Waals surface area contributed by atoms with Crippen LogP contribution >= 0.6 is 0 Å². The van der Waals surface area contributed by atoms with E-state index in [1.807, 2.05) is 61.3 Å². The number of benzene rings is 2. The lowest BCUT2D eigenvalue weighted by atomic mass is 9.80. The summed E-state index contributed by atoms with van der Waals surface area (Å²) in [6.07, 6.45) is -1.89. The highest BCUT2D eigenvalue weighted by molar-refractivity contribution is 5.71. The molecule has 11 heteroatoms. The average molecular weight is 594 g/mol. The van der Waals surface area contributed by atoms with Crippen LogP contribution in [-0.4, -0.2) is 61.9 Å². The Morgan fingerprint density at radius 1 is 1.14 bits per heavy atom. The molecule has 1 aromatic heterocycles. The van der Waals surface area contributed by atoms with Gasteiger partial charge in [0.15, 0.2) is 0 Å². The number of carbonyl (C=O) groups excluding carboxylic acids is 1. The minimum absolute atomic E-state index is 0.0361. The number of rotatable bonds is 7. The van der Waals surface area contributed by atoms with Gasteiger partial charge in [0.2, 0.25) is 5.88 Å². The fourth-order valence-corrected chi connectivity index (χ4v) is 5.89. The molecule has 0 radical (unpaired) electrons. The molecule has 2 saturated heterocycles. The lowest BCUT2D eigenvalue weighted by molar-refractivity contribution is -0.137. The summed E-state index contributed by atoms with van der Waals surface area (Å²) in [5, 5.41) is 12.8. The van der Waals surface area contributed by atoms with Crippen molar-refractivity contribution in [2.75, 3.05) is 44.7 Å². The van der Waals surface area contributed by atoms with Crippen LogP contribution in [0.2, 0.25) is 0 Å². The molecule has 0 bridgehead atoms. The molecular formula is C32H34F3N5O3. The molecule has 0 saturated carbocycles. The number of aromatic nitrogens is 1. The van der Waals surface area contributed by atoms with Crippen molar-refractivity contribution in [1.29, 1.82) is 5.26 Å². The first-order valence-electron chi connectivity index (χ1n) is 14.3. The molecule has 0 aliphatic carbocycles. The molecule has 0 spiro atoms. The van der Waals surface area contributed by atoms with E-state index in [1.54, 1.807) is 6.20 Å². The highest BCUT2D eigenvalue weighted by atomic mass is 19.4. The van der Waals surface area contributed by atoms with Crippen LogP contribution in [0.25, 0.3) is 11.1 Å². The summed E-state index contributed by atoms with van der Waals surface area (Å²) in [5.41, 5.74) is 1.40. The Kier molecular flexibility index (Phi) is 8.78. The van der Waals surface area contributed by atoms with Crippen LogP contribution in [0.15, 0.2) is 60.8 Å². The number of likely N-dealkylation sites (N-methyl/N-ethyl adjacent to an activating group) is 1. The van der Waals surface area contributed by atoms with E-state index in [0.717, 1.165) is 41.8 Å². The van der Waals surface area contributed by atoms with Gasteiger partial charge in [-0.2, -0.15) is 18.4 Å². The first kappa shape index (κ1) is 30.2. The number of halogens is 3. The summed E-state index contributed by atoms with van der Waals surface area (Å²) in [7, 11) is 1.98. The zero-order chi connectivity index (χ0) is 30.6. The van der Waals surface area contributed by atoms with Crippen molar-refractivity contribution in [1.82, 2.24) is 15.2 Å². The summed E-state index contributed by atoms with van der Waals surface area (Å²) < 4.78 is 51.3. The molecule has 1 amide bonds. The van der Waals surface area contributed by atoms with E-state index in [1.165, 1.54) is 6.07 Å². The van der Waals surface area contributed by atoms with Gasteiger partial charge in [0.05, 0.1) is 29.0 Å². The van der Waals surface area contributed by atoms with Gasteiger partial charge < -0.3 is 24.6 Å². The summed E-state index contributed by atoms with van der Waals surface area (Å²) in [6, 6.07) is 16.8. The number of hydrogen-bond donors (Lipinski definition) is 1. The van der Waals surface area contributed by atoms with Crippen molar-refractivity contribution < 1.29 is 27.4 Å². The second kappa shape index (κ2) is 12.5. The lowest BCUT2D eigenvalue weighted by Gasteiger charge is -2.43. The molecule has 43 heavy (non-hydrogen) atoms. The zero-order valence-corrected chi connectivity index (χ0v) is 24.2. The quantitative estimate of drug-likeness (QED) is 0.361. The number of carbonyl (C=O) groups is 1. The predicted molar refractivity (Wildman–Crippen MR) is 156 cm³/mol. The average Bonchev–Trinajstić information content (AvgIpc) is 3.41. The van der Waals surface area contributed by atoms with E-state index in [0.29, 0.717) is 50.7 Å². The fraction of sp³-hybridized carbons (Fsp3) is 0.406. The van der Waals surface area contributed by atoms with Crippen molar-refractivity contribution in [3.05, 3.63) is 77.5 Å². The number of hydrogen-bond acceptors (Lipinski definition) is 7. The minimum Gasteiger partial charge on any atom is -0.478 e. The van der Waals surface area contributed by atoms with Gasteiger partial charge >= 0.3 is 12.3 Å². The Labute approximate surface area is 249 Å². The number of nitrogens with one attached hydrogen (secondary N) is 1. The Bertz CT molecular complexity index is 1480. The summed E-state index contributed by atoms with van der Waals surface area (Å²) in [6.45, 7) is 4.72. The van der Waals surface area contributed by atoms with Gasteiger partial charge in [-0.25, -0.2) is 9.78 Å². The molecule has 2 aliphatic heterocycles. The van der Waals surface area contributed by atoms with Crippen LogP contribution in [0.1, 0.15) is 42.9 Å². The number of alkyl halides is 3. The van der Waals surface area contributed by atoms with E-state index in [2.05, 4.69) is 15.2 Å². The summed E-state index contributed by atoms with van der Waals surface area (Å²) in [4.78, 5) is 21.6. The number of likely N-dealkylation sites (tertiary alicyclic amines) is 1. The van der Waals surface area contributed by atoms with Gasteiger partial charge in [0.25, 0.3) is 0 Å². The van der Waals surface area contributed by atoms with E-state index in [4.69, 9.17) is 9.47 Å². The highest BCUT2D eigenvalue weighted by Gasteiger charge is 2.40. The van der Waals surface area contributed by atoms with Crippen molar-refractivity contribution in [3.63, 3.8) is 0 Å². The normalized spacial score (nSPS) is 18.6. The summed E-state index contributed by atoms with van der Waals surface area (Å²) >= 11 is 0. The van der Waals surface area contributed by atoms with Crippen LogP contribution < -0.4 is 15.0 Å². The van der Waals surface area contributed by atoms with Crippen LogP contribution in [0.4, 0.5) is 23.7 Å². The Morgan fingerprint density at radius 3 is 2.51 bits per heavy atom. The standard InChI is InChI=1S/C32H34F3N5O3/c1-3-42-29-27(5-4-15-37-29)22-6-8-24(9-7-22)31(38-30(41)43-26-12-16-39(2)21-26)13-17-40(18-14-31)28-11-10-25(32(33,34)35)19-23(28)20-36/h4-11,15,19,26H,3,12-14,16-18,21H2,1-2H3,(H,38,41)/t26-/m0/s1. The molecule has 226 valence electrons. The van der Waals surface area contributed by atoms with Crippen LogP contribution in [0, 0.1) is 11.3 Å². The number of alkyl carbamates (subject to hydrolysis) is 1. The molecule has 1 atom stereocenters. The first-order chi connectivity index (χ1) is 20.6. The maximum atomic E-state index is 13.3. The second-order valence-electron chi connectivity index (χ2n) is 11.0. The van der Waals surface area contributed by atoms with Crippen molar-refractivity contribution in [2.45, 2.75) is 44.0 Å². The number of piperidine rings is 1. The molecule has 1 N–H and O–H groups in total. The fourth-order valence-electron chi connectivity index (χ4n) is 5.89. The minimum atomic E-state index is -4.54. The van der Waals surface area contributed by atoms with Crippen LogP contribution in [0.3, 0.4) is 0 Å². The third-order valence-electron chi connectivity index (χ3n) is 8.17. The van der Waals surface area contributed by atoms with E-state index >= 15 is 0 Å². The smallest absolute Gasteiger partial charge is 0.416 e. The number of nitrogens with zero attached hydrogens (tertiary/aromatic N) is 4. The molecule has 3 aromatic rings. The Balaban J connectivity index is 1.41. The number of anilines is 1.